The highest BCUT2D eigenvalue weighted by Crippen LogP contribution is 2.31. The Hall–Kier alpha value is -1.02. The molecule has 1 N–H and O–H groups in total. The van der Waals surface area contributed by atoms with E-state index in [1.165, 1.54) is 36.2 Å². The minimum Gasteiger partial charge on any atom is -0.374 e. The van der Waals surface area contributed by atoms with Gasteiger partial charge in [-0.15, -0.1) is 0 Å². The zero-order valence-electron chi connectivity index (χ0n) is 12.9. The standard InChI is InChI=1S/C17H28N2/c1-13(2)10-18-11-16-7-8-17(9-14(16)3)19(4)12-15-5-6-15/h7-9,13,15,18H,5-6,10-12H2,1-4H3. The van der Waals surface area contributed by atoms with Gasteiger partial charge in [0, 0.05) is 25.8 Å². The van der Waals surface area contributed by atoms with E-state index in [9.17, 15) is 0 Å². The fourth-order valence-electron chi connectivity index (χ4n) is 2.40. The van der Waals surface area contributed by atoms with E-state index in [2.05, 4.69) is 56.2 Å². The number of anilines is 1. The lowest BCUT2D eigenvalue weighted by Crippen LogP contribution is -2.21. The molecule has 1 aliphatic carbocycles. The first-order valence-electron chi connectivity index (χ1n) is 7.57. The molecule has 0 saturated heterocycles. The summed E-state index contributed by atoms with van der Waals surface area (Å²) < 4.78 is 0. The second kappa shape index (κ2) is 6.42. The number of rotatable bonds is 7. The Morgan fingerprint density at radius 1 is 1.32 bits per heavy atom. The molecule has 2 rings (SSSR count). The van der Waals surface area contributed by atoms with Crippen LogP contribution in [0.15, 0.2) is 18.2 Å². The smallest absolute Gasteiger partial charge is 0.0366 e. The van der Waals surface area contributed by atoms with Crippen LogP contribution in [0, 0.1) is 18.8 Å². The van der Waals surface area contributed by atoms with Gasteiger partial charge in [-0.3, -0.25) is 0 Å². The van der Waals surface area contributed by atoms with Crippen molar-refractivity contribution in [2.45, 2.75) is 40.2 Å². The second-order valence-electron chi connectivity index (χ2n) is 6.46. The van der Waals surface area contributed by atoms with Gasteiger partial charge in [-0.05, 0) is 61.4 Å². The summed E-state index contributed by atoms with van der Waals surface area (Å²) in [5.41, 5.74) is 4.18. The molecule has 19 heavy (non-hydrogen) atoms. The molecule has 0 aliphatic heterocycles. The third-order valence-corrected chi connectivity index (χ3v) is 3.86. The van der Waals surface area contributed by atoms with Gasteiger partial charge in [0.1, 0.15) is 0 Å². The maximum Gasteiger partial charge on any atom is 0.0366 e. The Morgan fingerprint density at radius 2 is 2.05 bits per heavy atom. The summed E-state index contributed by atoms with van der Waals surface area (Å²) in [5, 5.41) is 3.52. The Morgan fingerprint density at radius 3 is 2.63 bits per heavy atom. The molecule has 0 unspecified atom stereocenters. The Kier molecular flexibility index (Phi) is 4.87. The summed E-state index contributed by atoms with van der Waals surface area (Å²) in [6, 6.07) is 6.87. The van der Waals surface area contributed by atoms with Crippen LogP contribution in [0.2, 0.25) is 0 Å². The molecule has 0 bridgehead atoms. The van der Waals surface area contributed by atoms with Gasteiger partial charge in [-0.25, -0.2) is 0 Å². The van der Waals surface area contributed by atoms with Crippen LogP contribution in [0.3, 0.4) is 0 Å². The molecule has 1 fully saturated rings. The lowest BCUT2D eigenvalue weighted by Gasteiger charge is -2.20. The maximum atomic E-state index is 3.52. The highest BCUT2D eigenvalue weighted by atomic mass is 15.1. The van der Waals surface area contributed by atoms with Gasteiger partial charge >= 0.3 is 0 Å². The quantitative estimate of drug-likeness (QED) is 0.806. The number of nitrogens with zero attached hydrogens (tertiary/aromatic N) is 1. The first-order chi connectivity index (χ1) is 9.06. The summed E-state index contributed by atoms with van der Waals surface area (Å²) in [5.74, 6) is 1.65. The van der Waals surface area contributed by atoms with Gasteiger partial charge in [0.15, 0.2) is 0 Å². The van der Waals surface area contributed by atoms with Crippen LogP contribution in [0.4, 0.5) is 5.69 Å². The zero-order valence-corrected chi connectivity index (χ0v) is 12.9. The molecule has 1 saturated carbocycles. The van der Waals surface area contributed by atoms with Crippen molar-refractivity contribution in [3.8, 4) is 0 Å². The monoisotopic (exact) mass is 260 g/mol. The molecule has 0 aromatic heterocycles. The van der Waals surface area contributed by atoms with E-state index in [-0.39, 0.29) is 0 Å². The highest BCUT2D eigenvalue weighted by Gasteiger charge is 2.23. The number of benzene rings is 1. The average Bonchev–Trinajstić information content (AvgIpc) is 3.14. The van der Waals surface area contributed by atoms with Gasteiger partial charge in [0.2, 0.25) is 0 Å². The van der Waals surface area contributed by atoms with Gasteiger partial charge in [0.05, 0.1) is 0 Å². The predicted octanol–water partition coefficient (Wildman–Crippen LogP) is 3.59. The summed E-state index contributed by atoms with van der Waals surface area (Å²) >= 11 is 0. The molecule has 0 atom stereocenters. The molecular weight excluding hydrogens is 232 g/mol. The van der Waals surface area contributed by atoms with Crippen molar-refractivity contribution in [1.29, 1.82) is 0 Å². The molecule has 0 radical (unpaired) electrons. The third-order valence-electron chi connectivity index (χ3n) is 3.86. The van der Waals surface area contributed by atoms with E-state index in [4.69, 9.17) is 0 Å². The van der Waals surface area contributed by atoms with Crippen molar-refractivity contribution < 1.29 is 0 Å². The van der Waals surface area contributed by atoms with Crippen molar-refractivity contribution in [3.63, 3.8) is 0 Å². The van der Waals surface area contributed by atoms with Gasteiger partial charge in [0.25, 0.3) is 0 Å². The van der Waals surface area contributed by atoms with Crippen molar-refractivity contribution in [2.24, 2.45) is 11.8 Å². The molecule has 0 amide bonds. The van der Waals surface area contributed by atoms with Gasteiger partial charge in [-0.2, -0.15) is 0 Å². The molecule has 106 valence electrons. The molecule has 1 aromatic carbocycles. The lowest BCUT2D eigenvalue weighted by atomic mass is 10.1. The lowest BCUT2D eigenvalue weighted by molar-refractivity contribution is 0.551. The van der Waals surface area contributed by atoms with E-state index in [0.29, 0.717) is 5.92 Å². The van der Waals surface area contributed by atoms with E-state index in [1.807, 2.05) is 0 Å². The van der Waals surface area contributed by atoms with Crippen LogP contribution in [-0.4, -0.2) is 20.1 Å². The summed E-state index contributed by atoms with van der Waals surface area (Å²) in [4.78, 5) is 2.40. The van der Waals surface area contributed by atoms with Crippen molar-refractivity contribution >= 4 is 5.69 Å². The van der Waals surface area contributed by atoms with Gasteiger partial charge < -0.3 is 10.2 Å². The average molecular weight is 260 g/mol. The predicted molar refractivity (Wildman–Crippen MR) is 83.7 cm³/mol. The Balaban J connectivity index is 1.91. The topological polar surface area (TPSA) is 15.3 Å². The number of nitrogens with one attached hydrogen (secondary N) is 1. The first-order valence-corrected chi connectivity index (χ1v) is 7.57. The zero-order chi connectivity index (χ0) is 13.8. The fraction of sp³-hybridized carbons (Fsp3) is 0.647. The molecule has 0 spiro atoms. The van der Waals surface area contributed by atoms with Crippen molar-refractivity contribution in [2.75, 3.05) is 25.0 Å². The second-order valence-corrected chi connectivity index (χ2v) is 6.46. The normalized spacial score (nSPS) is 15.0. The van der Waals surface area contributed by atoms with Crippen molar-refractivity contribution in [1.82, 2.24) is 5.32 Å². The van der Waals surface area contributed by atoms with Crippen molar-refractivity contribution in [3.05, 3.63) is 29.3 Å². The summed E-state index contributed by atoms with van der Waals surface area (Å²) in [6.45, 7) is 10.00. The SMILES string of the molecule is Cc1cc(N(C)CC2CC2)ccc1CNCC(C)C. The summed E-state index contributed by atoms with van der Waals surface area (Å²) in [7, 11) is 2.21. The highest BCUT2D eigenvalue weighted by molar-refractivity contribution is 5.50. The van der Waals surface area contributed by atoms with Crippen LogP contribution in [0.5, 0.6) is 0 Å². The van der Waals surface area contributed by atoms with E-state index in [0.717, 1.165) is 19.0 Å². The number of aryl methyl sites for hydroxylation is 1. The maximum absolute atomic E-state index is 3.52. The number of hydrogen-bond donors (Lipinski definition) is 1. The fourth-order valence-corrected chi connectivity index (χ4v) is 2.40. The van der Waals surface area contributed by atoms with Gasteiger partial charge in [-0.1, -0.05) is 19.9 Å². The van der Waals surface area contributed by atoms with E-state index >= 15 is 0 Å². The minimum absolute atomic E-state index is 0.712. The molecule has 1 aromatic rings. The molecule has 1 aliphatic rings. The first kappa shape index (κ1) is 14.4. The molecular formula is C17H28N2. The van der Waals surface area contributed by atoms with Crippen LogP contribution < -0.4 is 10.2 Å². The Bertz CT molecular complexity index is 408. The largest absolute Gasteiger partial charge is 0.374 e. The van der Waals surface area contributed by atoms with E-state index < -0.39 is 0 Å². The Labute approximate surface area is 118 Å². The van der Waals surface area contributed by atoms with Crippen LogP contribution in [0.1, 0.15) is 37.8 Å². The molecule has 0 heterocycles. The van der Waals surface area contributed by atoms with E-state index in [1.54, 1.807) is 0 Å². The number of hydrogen-bond acceptors (Lipinski definition) is 2. The summed E-state index contributed by atoms with van der Waals surface area (Å²) in [6.07, 6.45) is 2.83. The molecule has 2 nitrogen and oxygen atoms in total. The molecule has 2 heteroatoms. The van der Waals surface area contributed by atoms with Crippen LogP contribution in [-0.2, 0) is 6.54 Å². The minimum atomic E-state index is 0.712. The van der Waals surface area contributed by atoms with Crippen LogP contribution in [0.25, 0.3) is 0 Å². The van der Waals surface area contributed by atoms with Crippen LogP contribution >= 0.6 is 0 Å². The third kappa shape index (κ3) is 4.54.